The van der Waals surface area contributed by atoms with Crippen LogP contribution >= 0.6 is 35.0 Å². The van der Waals surface area contributed by atoms with Crippen LogP contribution in [0.15, 0.2) is 83.8 Å². The van der Waals surface area contributed by atoms with E-state index in [1.807, 2.05) is 79.7 Å². The molecule has 184 valence electrons. The highest BCUT2D eigenvalue weighted by Crippen LogP contribution is 2.24. The van der Waals surface area contributed by atoms with Crippen LogP contribution < -0.4 is 5.32 Å². The van der Waals surface area contributed by atoms with Gasteiger partial charge in [0.15, 0.2) is 0 Å². The first kappa shape index (κ1) is 27.1. The van der Waals surface area contributed by atoms with Crippen molar-refractivity contribution in [1.29, 1.82) is 0 Å². The summed E-state index contributed by atoms with van der Waals surface area (Å²) in [6, 6.07) is 24.1. The highest BCUT2D eigenvalue weighted by atomic mass is 35.5. The Hall–Kier alpha value is -2.47. The Bertz CT molecular complexity index is 1090. The summed E-state index contributed by atoms with van der Waals surface area (Å²) in [5.74, 6) is 0.356. The molecular weight excluding hydrogens is 499 g/mol. The lowest BCUT2D eigenvalue weighted by Crippen LogP contribution is -2.50. The van der Waals surface area contributed by atoms with Crippen LogP contribution in [0, 0.1) is 0 Å². The number of halogens is 2. The maximum absolute atomic E-state index is 13.6. The number of hydrogen-bond acceptors (Lipinski definition) is 3. The van der Waals surface area contributed by atoms with Gasteiger partial charge in [0.05, 0.1) is 0 Å². The molecule has 35 heavy (non-hydrogen) atoms. The Labute approximate surface area is 222 Å². The van der Waals surface area contributed by atoms with Gasteiger partial charge < -0.3 is 10.2 Å². The lowest BCUT2D eigenvalue weighted by atomic mass is 10.0. The third-order valence-electron chi connectivity index (χ3n) is 5.52. The zero-order valence-corrected chi connectivity index (χ0v) is 22.1. The van der Waals surface area contributed by atoms with Crippen LogP contribution in [-0.2, 0) is 22.6 Å². The second kappa shape index (κ2) is 14.2. The number of hydrogen-bond donors (Lipinski definition) is 1. The molecular formula is C28H30Cl2N2O2S. The van der Waals surface area contributed by atoms with Gasteiger partial charge in [-0.05, 0) is 47.9 Å². The number of rotatable bonds is 12. The molecule has 0 fully saturated rings. The van der Waals surface area contributed by atoms with Crippen molar-refractivity contribution < 1.29 is 9.59 Å². The second-order valence-corrected chi connectivity index (χ2v) is 10.2. The van der Waals surface area contributed by atoms with E-state index in [1.165, 1.54) is 0 Å². The highest BCUT2D eigenvalue weighted by molar-refractivity contribution is 7.99. The zero-order valence-electron chi connectivity index (χ0n) is 19.8. The second-order valence-electron chi connectivity index (χ2n) is 8.16. The third kappa shape index (κ3) is 8.60. The van der Waals surface area contributed by atoms with Gasteiger partial charge in [0.2, 0.25) is 11.8 Å². The van der Waals surface area contributed by atoms with E-state index in [-0.39, 0.29) is 18.4 Å². The first-order chi connectivity index (χ1) is 17.0. The molecule has 0 aliphatic heterocycles. The minimum Gasteiger partial charge on any atom is -0.354 e. The fourth-order valence-corrected chi connectivity index (χ4v) is 4.82. The SMILES string of the molecule is CCCNC(=O)C(Cc1ccccc1)N(Cc1ccccc1Cl)C(=O)CCSc1ccc(Cl)cc1. The molecule has 0 aliphatic rings. The average Bonchev–Trinajstić information content (AvgIpc) is 2.87. The average molecular weight is 530 g/mol. The summed E-state index contributed by atoms with van der Waals surface area (Å²) in [5.41, 5.74) is 1.81. The molecule has 7 heteroatoms. The van der Waals surface area contributed by atoms with Gasteiger partial charge in [0.1, 0.15) is 6.04 Å². The molecule has 3 aromatic carbocycles. The third-order valence-corrected chi connectivity index (χ3v) is 7.15. The van der Waals surface area contributed by atoms with Crippen molar-refractivity contribution in [3.05, 3.63) is 100 Å². The van der Waals surface area contributed by atoms with Gasteiger partial charge in [-0.25, -0.2) is 0 Å². The fraction of sp³-hybridized carbons (Fsp3) is 0.286. The molecule has 1 N–H and O–H groups in total. The van der Waals surface area contributed by atoms with E-state index in [1.54, 1.807) is 22.7 Å². The predicted octanol–water partition coefficient (Wildman–Crippen LogP) is 6.64. The largest absolute Gasteiger partial charge is 0.354 e. The summed E-state index contributed by atoms with van der Waals surface area (Å²) < 4.78 is 0. The van der Waals surface area contributed by atoms with E-state index >= 15 is 0 Å². The Morgan fingerprint density at radius 2 is 1.63 bits per heavy atom. The maximum atomic E-state index is 13.6. The Balaban J connectivity index is 1.83. The molecule has 2 amide bonds. The quantitative estimate of drug-likeness (QED) is 0.268. The van der Waals surface area contributed by atoms with Crippen LogP contribution in [0.2, 0.25) is 10.0 Å². The molecule has 0 spiro atoms. The monoisotopic (exact) mass is 528 g/mol. The minimum absolute atomic E-state index is 0.0843. The number of nitrogens with one attached hydrogen (secondary N) is 1. The van der Waals surface area contributed by atoms with Crippen molar-refractivity contribution >= 4 is 46.8 Å². The first-order valence-electron chi connectivity index (χ1n) is 11.7. The molecule has 1 atom stereocenters. The van der Waals surface area contributed by atoms with Crippen molar-refractivity contribution in [3.8, 4) is 0 Å². The van der Waals surface area contributed by atoms with Crippen LogP contribution in [0.1, 0.15) is 30.9 Å². The minimum atomic E-state index is -0.645. The van der Waals surface area contributed by atoms with Gasteiger partial charge in [-0.1, -0.05) is 78.7 Å². The molecule has 1 unspecified atom stereocenters. The summed E-state index contributed by atoms with van der Waals surface area (Å²) in [6.45, 7) is 2.83. The van der Waals surface area contributed by atoms with Crippen LogP contribution in [0.25, 0.3) is 0 Å². The van der Waals surface area contributed by atoms with Crippen molar-refractivity contribution in [2.24, 2.45) is 0 Å². The van der Waals surface area contributed by atoms with Crippen molar-refractivity contribution in [2.45, 2.75) is 43.7 Å². The molecule has 0 saturated carbocycles. The molecule has 0 bridgehead atoms. The Kier molecular flexibility index (Phi) is 11.0. The van der Waals surface area contributed by atoms with Crippen molar-refractivity contribution in [3.63, 3.8) is 0 Å². The van der Waals surface area contributed by atoms with E-state index in [2.05, 4.69) is 5.32 Å². The number of carbonyl (C=O) groups is 2. The number of nitrogens with zero attached hydrogens (tertiary/aromatic N) is 1. The summed E-state index contributed by atoms with van der Waals surface area (Å²) in [6.07, 6.45) is 1.54. The van der Waals surface area contributed by atoms with Crippen LogP contribution in [0.3, 0.4) is 0 Å². The van der Waals surface area contributed by atoms with E-state index in [9.17, 15) is 9.59 Å². The van der Waals surface area contributed by atoms with Gasteiger partial charge in [-0.2, -0.15) is 0 Å². The van der Waals surface area contributed by atoms with E-state index in [0.29, 0.717) is 35.2 Å². The molecule has 0 heterocycles. The van der Waals surface area contributed by atoms with E-state index < -0.39 is 6.04 Å². The van der Waals surface area contributed by atoms with E-state index in [4.69, 9.17) is 23.2 Å². The number of amides is 2. The molecule has 4 nitrogen and oxygen atoms in total. The normalized spacial score (nSPS) is 11.6. The molecule has 0 saturated heterocycles. The summed E-state index contributed by atoms with van der Waals surface area (Å²) in [4.78, 5) is 29.6. The fourth-order valence-electron chi connectivity index (χ4n) is 3.66. The number of benzene rings is 3. The van der Waals surface area contributed by atoms with Gasteiger partial charge in [-0.3, -0.25) is 9.59 Å². The zero-order chi connectivity index (χ0) is 25.0. The van der Waals surface area contributed by atoms with Gasteiger partial charge in [0, 0.05) is 46.6 Å². The van der Waals surface area contributed by atoms with Crippen LogP contribution in [-0.4, -0.2) is 35.1 Å². The molecule has 0 radical (unpaired) electrons. The maximum Gasteiger partial charge on any atom is 0.243 e. The number of carbonyl (C=O) groups excluding carboxylic acids is 2. The lowest BCUT2D eigenvalue weighted by molar-refractivity contribution is -0.141. The van der Waals surface area contributed by atoms with E-state index in [0.717, 1.165) is 22.4 Å². The molecule has 3 rings (SSSR count). The Morgan fingerprint density at radius 3 is 2.31 bits per heavy atom. The summed E-state index contributed by atoms with van der Waals surface area (Å²) >= 11 is 14.0. The standard InChI is InChI=1S/C28H30Cl2N2O2S/c1-2-17-31-28(34)26(19-21-8-4-3-5-9-21)32(20-22-10-6-7-11-25(22)30)27(33)16-18-35-24-14-12-23(29)13-15-24/h3-15,26H,2,16-20H2,1H3,(H,31,34). The van der Waals surface area contributed by atoms with Gasteiger partial charge in [-0.15, -0.1) is 11.8 Å². The van der Waals surface area contributed by atoms with Crippen LogP contribution in [0.5, 0.6) is 0 Å². The van der Waals surface area contributed by atoms with Crippen molar-refractivity contribution in [2.75, 3.05) is 12.3 Å². The summed E-state index contributed by atoms with van der Waals surface area (Å²) in [5, 5.41) is 4.25. The van der Waals surface area contributed by atoms with Crippen molar-refractivity contribution in [1.82, 2.24) is 10.2 Å². The number of thioether (sulfide) groups is 1. The smallest absolute Gasteiger partial charge is 0.243 e. The topological polar surface area (TPSA) is 49.4 Å². The molecule has 0 aromatic heterocycles. The Morgan fingerprint density at radius 1 is 0.943 bits per heavy atom. The molecule has 3 aromatic rings. The van der Waals surface area contributed by atoms with Gasteiger partial charge in [0.25, 0.3) is 0 Å². The predicted molar refractivity (Wildman–Crippen MR) is 146 cm³/mol. The van der Waals surface area contributed by atoms with Gasteiger partial charge >= 0.3 is 0 Å². The summed E-state index contributed by atoms with van der Waals surface area (Å²) in [7, 11) is 0. The molecule has 0 aliphatic carbocycles. The highest BCUT2D eigenvalue weighted by Gasteiger charge is 2.30. The van der Waals surface area contributed by atoms with Crippen LogP contribution in [0.4, 0.5) is 0 Å². The lowest BCUT2D eigenvalue weighted by Gasteiger charge is -2.32. The first-order valence-corrected chi connectivity index (χ1v) is 13.4.